The first kappa shape index (κ1) is 14.4. The van der Waals surface area contributed by atoms with Gasteiger partial charge < -0.3 is 5.73 Å². The number of carbonyl (C=O) groups excluding carboxylic acids is 2. The van der Waals surface area contributed by atoms with Gasteiger partial charge in [0.1, 0.15) is 5.54 Å². The average molecular weight is 253 g/mol. The quantitative estimate of drug-likeness (QED) is 0.678. The normalized spacial score (nSPS) is 18.1. The summed E-state index contributed by atoms with van der Waals surface area (Å²) in [6.45, 7) is 6.75. The minimum absolute atomic E-state index is 0.157. The molecule has 1 heterocycles. The topological polar surface area (TPSA) is 102 Å². The molecular weight excluding hydrogens is 234 g/mol. The molecule has 3 N–H and O–H groups in total. The van der Waals surface area contributed by atoms with E-state index in [1.165, 1.54) is 0 Å². The Balaban J connectivity index is 2.39. The van der Waals surface area contributed by atoms with E-state index in [1.807, 2.05) is 24.1 Å². The summed E-state index contributed by atoms with van der Waals surface area (Å²) in [5.74, 6) is -0.393. The van der Waals surface area contributed by atoms with Crippen molar-refractivity contribution in [3.05, 3.63) is 0 Å². The molecule has 0 aliphatic carbocycles. The summed E-state index contributed by atoms with van der Waals surface area (Å²) in [7, 11) is 0. The summed E-state index contributed by atoms with van der Waals surface area (Å²) < 4.78 is 0. The maximum atomic E-state index is 11.3. The van der Waals surface area contributed by atoms with Crippen molar-refractivity contribution in [2.45, 2.75) is 19.4 Å². The average Bonchev–Trinajstić information content (AvgIpc) is 2.28. The molecule has 1 aliphatic heterocycles. The highest BCUT2D eigenvalue weighted by atomic mass is 16.2. The van der Waals surface area contributed by atoms with Crippen LogP contribution in [-0.2, 0) is 4.79 Å². The molecule has 0 atom stereocenters. The fourth-order valence-corrected chi connectivity index (χ4v) is 1.92. The molecule has 0 saturated carbocycles. The molecule has 7 heteroatoms. The van der Waals surface area contributed by atoms with E-state index in [9.17, 15) is 9.59 Å². The molecule has 1 fully saturated rings. The van der Waals surface area contributed by atoms with Crippen molar-refractivity contribution in [3.63, 3.8) is 0 Å². The molecule has 1 aliphatic rings. The second-order valence-electron chi connectivity index (χ2n) is 4.85. The number of rotatable bonds is 3. The van der Waals surface area contributed by atoms with Gasteiger partial charge in [-0.1, -0.05) is 0 Å². The molecule has 18 heavy (non-hydrogen) atoms. The van der Waals surface area contributed by atoms with Gasteiger partial charge in [0, 0.05) is 26.2 Å². The summed E-state index contributed by atoms with van der Waals surface area (Å²) in [4.78, 5) is 25.8. The van der Waals surface area contributed by atoms with E-state index in [-0.39, 0.29) is 6.54 Å². The zero-order valence-electron chi connectivity index (χ0n) is 10.8. The van der Waals surface area contributed by atoms with Gasteiger partial charge in [-0.25, -0.2) is 4.79 Å². The first-order chi connectivity index (χ1) is 8.35. The number of primary amides is 1. The van der Waals surface area contributed by atoms with E-state index in [2.05, 4.69) is 11.0 Å². The minimum Gasteiger partial charge on any atom is -0.351 e. The number of nitriles is 1. The van der Waals surface area contributed by atoms with E-state index in [1.54, 1.807) is 0 Å². The van der Waals surface area contributed by atoms with Crippen LogP contribution < -0.4 is 11.1 Å². The molecule has 0 aromatic rings. The monoisotopic (exact) mass is 253 g/mol. The summed E-state index contributed by atoms with van der Waals surface area (Å²) in [5, 5.41) is 11.1. The van der Waals surface area contributed by atoms with Crippen molar-refractivity contribution in [3.8, 4) is 6.07 Å². The zero-order chi connectivity index (χ0) is 13.8. The largest absolute Gasteiger partial charge is 0.351 e. The number of nitrogens with zero attached hydrogens (tertiary/aromatic N) is 3. The zero-order valence-corrected chi connectivity index (χ0v) is 10.8. The van der Waals surface area contributed by atoms with E-state index < -0.39 is 17.5 Å². The Bertz CT molecular complexity index is 366. The van der Waals surface area contributed by atoms with Gasteiger partial charge in [-0.3, -0.25) is 19.9 Å². The lowest BCUT2D eigenvalue weighted by molar-refractivity contribution is -0.121. The Morgan fingerprint density at radius 2 is 1.89 bits per heavy atom. The van der Waals surface area contributed by atoms with Gasteiger partial charge in [-0.2, -0.15) is 5.26 Å². The van der Waals surface area contributed by atoms with Gasteiger partial charge in [0.05, 0.1) is 12.6 Å². The maximum absolute atomic E-state index is 11.3. The molecule has 7 nitrogen and oxygen atoms in total. The maximum Gasteiger partial charge on any atom is 0.318 e. The molecule has 100 valence electrons. The highest BCUT2D eigenvalue weighted by molar-refractivity contribution is 5.94. The standard InChI is InChI=1S/C11H19N5O2/c1-11(2,8-12)16-5-3-15(4-6-16)7-9(17)14-10(13)18/h3-7H2,1-2H3,(H3,13,14,17,18). The first-order valence-corrected chi connectivity index (χ1v) is 5.83. The number of hydrogen-bond acceptors (Lipinski definition) is 5. The Hall–Kier alpha value is -1.65. The highest BCUT2D eigenvalue weighted by Gasteiger charge is 2.30. The van der Waals surface area contributed by atoms with E-state index in [4.69, 9.17) is 11.0 Å². The van der Waals surface area contributed by atoms with Crippen LogP contribution in [0.5, 0.6) is 0 Å². The number of nitrogens with one attached hydrogen (secondary N) is 1. The second-order valence-corrected chi connectivity index (χ2v) is 4.85. The van der Waals surface area contributed by atoms with Crippen LogP contribution >= 0.6 is 0 Å². The van der Waals surface area contributed by atoms with Crippen molar-refractivity contribution >= 4 is 11.9 Å². The summed E-state index contributed by atoms with van der Waals surface area (Å²) in [6, 6.07) is 1.43. The third kappa shape index (κ3) is 3.98. The van der Waals surface area contributed by atoms with Crippen molar-refractivity contribution in [2.75, 3.05) is 32.7 Å². The first-order valence-electron chi connectivity index (χ1n) is 5.83. The predicted molar refractivity (Wildman–Crippen MR) is 65.4 cm³/mol. The van der Waals surface area contributed by atoms with E-state index in [0.717, 1.165) is 13.1 Å². The van der Waals surface area contributed by atoms with Crippen LogP contribution in [-0.4, -0.2) is 60.0 Å². The number of urea groups is 1. The summed E-state index contributed by atoms with van der Waals surface area (Å²) in [6.07, 6.45) is 0. The number of piperazine rings is 1. The van der Waals surface area contributed by atoms with Crippen molar-refractivity contribution in [1.82, 2.24) is 15.1 Å². The number of amides is 3. The third-order valence-corrected chi connectivity index (χ3v) is 3.07. The molecule has 0 radical (unpaired) electrons. The van der Waals surface area contributed by atoms with Crippen molar-refractivity contribution in [2.24, 2.45) is 5.73 Å². The molecule has 1 saturated heterocycles. The highest BCUT2D eigenvalue weighted by Crippen LogP contribution is 2.15. The van der Waals surface area contributed by atoms with Crippen LogP contribution in [0.3, 0.4) is 0 Å². The summed E-state index contributed by atoms with van der Waals surface area (Å²) in [5.41, 5.74) is 4.38. The van der Waals surface area contributed by atoms with Crippen LogP contribution in [0.4, 0.5) is 4.79 Å². The lowest BCUT2D eigenvalue weighted by atomic mass is 10.0. The Morgan fingerprint density at radius 3 is 2.33 bits per heavy atom. The van der Waals surface area contributed by atoms with Crippen LogP contribution in [0.25, 0.3) is 0 Å². The molecule has 0 aromatic carbocycles. The number of imide groups is 1. The third-order valence-electron chi connectivity index (χ3n) is 3.07. The van der Waals surface area contributed by atoms with Gasteiger partial charge in [0.2, 0.25) is 5.91 Å². The van der Waals surface area contributed by atoms with E-state index >= 15 is 0 Å². The predicted octanol–water partition coefficient (Wildman–Crippen LogP) is -0.899. The van der Waals surface area contributed by atoms with Crippen LogP contribution in [0, 0.1) is 11.3 Å². The molecule has 1 rings (SSSR count). The van der Waals surface area contributed by atoms with Crippen molar-refractivity contribution < 1.29 is 9.59 Å². The molecule has 0 aromatic heterocycles. The molecule has 0 spiro atoms. The van der Waals surface area contributed by atoms with Gasteiger partial charge in [-0.15, -0.1) is 0 Å². The van der Waals surface area contributed by atoms with Gasteiger partial charge in [-0.05, 0) is 13.8 Å². The fourth-order valence-electron chi connectivity index (χ4n) is 1.92. The van der Waals surface area contributed by atoms with Crippen LogP contribution in [0.2, 0.25) is 0 Å². The lowest BCUT2D eigenvalue weighted by Crippen LogP contribution is -2.55. The van der Waals surface area contributed by atoms with Gasteiger partial charge in [0.15, 0.2) is 0 Å². The Labute approximate surface area is 107 Å². The lowest BCUT2D eigenvalue weighted by Gasteiger charge is -2.40. The van der Waals surface area contributed by atoms with Gasteiger partial charge >= 0.3 is 6.03 Å². The minimum atomic E-state index is -0.829. The van der Waals surface area contributed by atoms with Crippen LogP contribution in [0.1, 0.15) is 13.8 Å². The number of nitrogens with two attached hydrogens (primary N) is 1. The van der Waals surface area contributed by atoms with E-state index in [0.29, 0.717) is 13.1 Å². The Kier molecular flexibility index (Phi) is 4.64. The van der Waals surface area contributed by atoms with Gasteiger partial charge in [0.25, 0.3) is 0 Å². The second kappa shape index (κ2) is 5.80. The molecular formula is C11H19N5O2. The Morgan fingerprint density at radius 1 is 1.33 bits per heavy atom. The number of carbonyl (C=O) groups is 2. The fraction of sp³-hybridized carbons (Fsp3) is 0.727. The summed E-state index contributed by atoms with van der Waals surface area (Å²) >= 11 is 0. The molecule has 0 bridgehead atoms. The van der Waals surface area contributed by atoms with Crippen molar-refractivity contribution in [1.29, 1.82) is 5.26 Å². The smallest absolute Gasteiger partial charge is 0.318 e. The molecule has 0 unspecified atom stereocenters. The number of hydrogen-bond donors (Lipinski definition) is 2. The molecule has 3 amide bonds. The SMILES string of the molecule is CC(C)(C#N)N1CCN(CC(=O)NC(N)=O)CC1. The van der Waals surface area contributed by atoms with Crippen LogP contribution in [0.15, 0.2) is 0 Å².